The molecule has 0 bridgehead atoms. The molecule has 0 aromatic rings. The number of rotatable bonds is 2. The fourth-order valence-corrected chi connectivity index (χ4v) is 1.92. The van der Waals surface area contributed by atoms with Crippen molar-refractivity contribution in [1.29, 1.82) is 0 Å². The molecule has 0 saturated carbocycles. The van der Waals surface area contributed by atoms with Crippen LogP contribution in [0.15, 0.2) is 0 Å². The Hall–Kier alpha value is -0.610. The molecule has 3 N–H and O–H groups in total. The van der Waals surface area contributed by atoms with Crippen molar-refractivity contribution >= 4 is 5.91 Å². The normalized spacial score (nSPS) is 30.1. The summed E-state index contributed by atoms with van der Waals surface area (Å²) < 4.78 is 0. The molecule has 4 heteroatoms. The van der Waals surface area contributed by atoms with Crippen molar-refractivity contribution < 1.29 is 4.79 Å². The predicted octanol–water partition coefficient (Wildman–Crippen LogP) is -0.210. The van der Waals surface area contributed by atoms with Crippen molar-refractivity contribution in [3.63, 3.8) is 0 Å². The molecular formula is C10H21N3O. The highest BCUT2D eigenvalue weighted by atomic mass is 16.2. The first kappa shape index (κ1) is 11.5. The molecule has 82 valence electrons. The van der Waals surface area contributed by atoms with Crippen LogP contribution in [0.2, 0.25) is 0 Å². The van der Waals surface area contributed by atoms with Crippen molar-refractivity contribution in [3.05, 3.63) is 0 Å². The fourth-order valence-electron chi connectivity index (χ4n) is 1.92. The number of amides is 1. The van der Waals surface area contributed by atoms with Gasteiger partial charge in [-0.15, -0.1) is 0 Å². The first-order chi connectivity index (χ1) is 6.57. The van der Waals surface area contributed by atoms with Gasteiger partial charge in [-0.25, -0.2) is 0 Å². The highest BCUT2D eigenvalue weighted by Gasteiger charge is 2.30. The summed E-state index contributed by atoms with van der Waals surface area (Å²) >= 11 is 0. The number of carbonyl (C=O) groups excluding carboxylic acids is 1. The lowest BCUT2D eigenvalue weighted by molar-refractivity contribution is -0.140. The van der Waals surface area contributed by atoms with Gasteiger partial charge in [-0.3, -0.25) is 4.79 Å². The molecule has 3 atom stereocenters. The minimum atomic E-state index is -0.0574. The number of piperazine rings is 1. The Balaban J connectivity index is 2.67. The van der Waals surface area contributed by atoms with Crippen LogP contribution >= 0.6 is 0 Å². The van der Waals surface area contributed by atoms with E-state index in [1.165, 1.54) is 0 Å². The lowest BCUT2D eigenvalue weighted by Gasteiger charge is -2.40. The van der Waals surface area contributed by atoms with Gasteiger partial charge in [-0.05, 0) is 13.8 Å². The Morgan fingerprint density at radius 3 is 2.43 bits per heavy atom. The molecule has 1 saturated heterocycles. The Kier molecular flexibility index (Phi) is 3.89. The summed E-state index contributed by atoms with van der Waals surface area (Å²) in [6.07, 6.45) is 0. The van der Waals surface area contributed by atoms with Gasteiger partial charge in [-0.2, -0.15) is 0 Å². The van der Waals surface area contributed by atoms with Crippen LogP contribution in [-0.4, -0.2) is 42.5 Å². The quantitative estimate of drug-likeness (QED) is 0.647. The molecule has 4 nitrogen and oxygen atoms in total. The zero-order valence-corrected chi connectivity index (χ0v) is 9.29. The zero-order valence-electron chi connectivity index (χ0n) is 9.29. The predicted molar refractivity (Wildman–Crippen MR) is 56.9 cm³/mol. The Morgan fingerprint density at radius 2 is 2.00 bits per heavy atom. The van der Waals surface area contributed by atoms with Crippen LogP contribution in [0, 0.1) is 5.92 Å². The SMILES string of the molecule is CC(CN)C(=O)N1[C@H](C)CNC[C@@H]1C. The van der Waals surface area contributed by atoms with Crippen molar-refractivity contribution in [1.82, 2.24) is 10.2 Å². The van der Waals surface area contributed by atoms with E-state index in [1.54, 1.807) is 0 Å². The maximum Gasteiger partial charge on any atom is 0.227 e. The second-order valence-corrected chi connectivity index (χ2v) is 4.24. The van der Waals surface area contributed by atoms with E-state index in [0.29, 0.717) is 6.54 Å². The standard InChI is InChI=1S/C10H21N3O/c1-7(4-11)10(14)13-8(2)5-12-6-9(13)3/h7-9,12H,4-6,11H2,1-3H3/t7?,8-,9+. The monoisotopic (exact) mass is 199 g/mol. The van der Waals surface area contributed by atoms with Crippen LogP contribution in [0.25, 0.3) is 0 Å². The van der Waals surface area contributed by atoms with Crippen molar-refractivity contribution in [2.24, 2.45) is 11.7 Å². The fraction of sp³-hybridized carbons (Fsp3) is 0.900. The maximum atomic E-state index is 12.0. The van der Waals surface area contributed by atoms with E-state index in [4.69, 9.17) is 5.73 Å². The largest absolute Gasteiger partial charge is 0.334 e. The average molecular weight is 199 g/mol. The maximum absolute atomic E-state index is 12.0. The van der Waals surface area contributed by atoms with Crippen LogP contribution < -0.4 is 11.1 Å². The molecule has 0 aromatic carbocycles. The second-order valence-electron chi connectivity index (χ2n) is 4.24. The summed E-state index contributed by atoms with van der Waals surface area (Å²) in [5.74, 6) is 0.131. The first-order valence-corrected chi connectivity index (χ1v) is 5.30. The summed E-state index contributed by atoms with van der Waals surface area (Å²) in [6, 6.07) is 0.556. The van der Waals surface area contributed by atoms with E-state index < -0.39 is 0 Å². The number of hydrogen-bond donors (Lipinski definition) is 2. The smallest absolute Gasteiger partial charge is 0.227 e. The van der Waals surface area contributed by atoms with Crippen LogP contribution in [0.5, 0.6) is 0 Å². The third-order valence-electron chi connectivity index (χ3n) is 2.86. The molecule has 1 heterocycles. The van der Waals surface area contributed by atoms with Crippen molar-refractivity contribution in [3.8, 4) is 0 Å². The molecule has 1 aliphatic heterocycles. The van der Waals surface area contributed by atoms with E-state index in [9.17, 15) is 4.79 Å². The van der Waals surface area contributed by atoms with Gasteiger partial charge in [0.05, 0.1) is 0 Å². The van der Waals surface area contributed by atoms with Gasteiger partial charge in [0, 0.05) is 37.6 Å². The molecule has 1 amide bonds. The van der Waals surface area contributed by atoms with Crippen LogP contribution in [-0.2, 0) is 4.79 Å². The van der Waals surface area contributed by atoms with E-state index >= 15 is 0 Å². The molecule has 14 heavy (non-hydrogen) atoms. The topological polar surface area (TPSA) is 58.4 Å². The van der Waals surface area contributed by atoms with Gasteiger partial charge < -0.3 is 16.0 Å². The summed E-state index contributed by atoms with van der Waals surface area (Å²) in [6.45, 7) is 8.24. The summed E-state index contributed by atoms with van der Waals surface area (Å²) in [7, 11) is 0. The summed E-state index contributed by atoms with van der Waals surface area (Å²) in [5.41, 5.74) is 5.51. The first-order valence-electron chi connectivity index (χ1n) is 5.30. The molecule has 0 aromatic heterocycles. The zero-order chi connectivity index (χ0) is 10.7. The number of nitrogens with two attached hydrogens (primary N) is 1. The van der Waals surface area contributed by atoms with Gasteiger partial charge in [-0.1, -0.05) is 6.92 Å². The van der Waals surface area contributed by atoms with Crippen LogP contribution in [0.1, 0.15) is 20.8 Å². The van der Waals surface area contributed by atoms with Gasteiger partial charge in [0.1, 0.15) is 0 Å². The number of nitrogens with zero attached hydrogens (tertiary/aromatic N) is 1. The van der Waals surface area contributed by atoms with E-state index in [2.05, 4.69) is 19.2 Å². The van der Waals surface area contributed by atoms with Crippen LogP contribution in [0.4, 0.5) is 0 Å². The Morgan fingerprint density at radius 1 is 1.50 bits per heavy atom. The molecule has 0 aliphatic carbocycles. The molecule has 0 spiro atoms. The van der Waals surface area contributed by atoms with Crippen molar-refractivity contribution in [2.45, 2.75) is 32.9 Å². The molecule has 1 rings (SSSR count). The highest BCUT2D eigenvalue weighted by Crippen LogP contribution is 2.13. The van der Waals surface area contributed by atoms with E-state index in [1.807, 2.05) is 11.8 Å². The summed E-state index contributed by atoms with van der Waals surface area (Å²) in [5, 5.41) is 3.30. The third-order valence-corrected chi connectivity index (χ3v) is 2.86. The van der Waals surface area contributed by atoms with Gasteiger partial charge in [0.15, 0.2) is 0 Å². The average Bonchev–Trinajstić information content (AvgIpc) is 2.16. The number of carbonyl (C=O) groups is 1. The molecule has 1 fully saturated rings. The van der Waals surface area contributed by atoms with Gasteiger partial charge in [0.25, 0.3) is 0 Å². The lowest BCUT2D eigenvalue weighted by Crippen LogP contribution is -2.58. The minimum Gasteiger partial charge on any atom is -0.334 e. The number of hydrogen-bond acceptors (Lipinski definition) is 3. The summed E-state index contributed by atoms with van der Waals surface area (Å²) in [4.78, 5) is 13.9. The van der Waals surface area contributed by atoms with Crippen molar-refractivity contribution in [2.75, 3.05) is 19.6 Å². The molecule has 1 unspecified atom stereocenters. The number of nitrogens with one attached hydrogen (secondary N) is 1. The lowest BCUT2D eigenvalue weighted by atomic mass is 10.0. The Bertz CT molecular complexity index is 198. The van der Waals surface area contributed by atoms with Gasteiger partial charge >= 0.3 is 0 Å². The van der Waals surface area contributed by atoms with Gasteiger partial charge in [0.2, 0.25) is 5.91 Å². The van der Waals surface area contributed by atoms with Crippen LogP contribution in [0.3, 0.4) is 0 Å². The van der Waals surface area contributed by atoms with E-state index in [0.717, 1.165) is 13.1 Å². The minimum absolute atomic E-state index is 0.0574. The molecular weight excluding hydrogens is 178 g/mol. The Labute approximate surface area is 85.8 Å². The third kappa shape index (κ3) is 2.25. The molecule has 1 aliphatic rings. The highest BCUT2D eigenvalue weighted by molar-refractivity contribution is 5.79. The van der Waals surface area contributed by atoms with E-state index in [-0.39, 0.29) is 23.9 Å². The molecule has 0 radical (unpaired) electrons. The second kappa shape index (κ2) is 4.75.